The normalized spacial score (nSPS) is 16.8. The van der Waals surface area contributed by atoms with Gasteiger partial charge in [-0.05, 0) is 42.8 Å². The van der Waals surface area contributed by atoms with E-state index >= 15 is 0 Å². The van der Waals surface area contributed by atoms with E-state index in [1.54, 1.807) is 25.1 Å². The second-order valence-electron chi connectivity index (χ2n) is 7.38. The van der Waals surface area contributed by atoms with Crippen LogP contribution in [0.25, 0.3) is 0 Å². The minimum Gasteiger partial charge on any atom is -0.320 e. The number of amidine groups is 1. The largest absolute Gasteiger partial charge is 0.320 e. The van der Waals surface area contributed by atoms with Gasteiger partial charge in [0.2, 0.25) is 11.8 Å². The fourth-order valence-electron chi connectivity index (χ4n) is 3.37. The maximum Gasteiger partial charge on any atom is 0.293 e. The van der Waals surface area contributed by atoms with E-state index in [1.165, 1.54) is 28.8 Å². The van der Waals surface area contributed by atoms with E-state index < -0.39 is 16.1 Å². The fourth-order valence-corrected chi connectivity index (χ4v) is 4.52. The van der Waals surface area contributed by atoms with Gasteiger partial charge in [0.1, 0.15) is 10.9 Å². The molecule has 1 atom stereocenters. The fraction of sp³-hybridized carbons (Fsp3) is 0.125. The van der Waals surface area contributed by atoms with Gasteiger partial charge in [0.05, 0.1) is 16.3 Å². The number of benzene rings is 3. The van der Waals surface area contributed by atoms with Crippen molar-refractivity contribution in [2.75, 3.05) is 10.2 Å². The molecule has 4 rings (SSSR count). The number of para-hydroxylation sites is 2. The summed E-state index contributed by atoms with van der Waals surface area (Å²) in [6, 6.07) is 22.9. The van der Waals surface area contributed by atoms with Crippen molar-refractivity contribution in [2.45, 2.75) is 18.6 Å². The van der Waals surface area contributed by atoms with Crippen LogP contribution in [0.5, 0.6) is 0 Å². The van der Waals surface area contributed by atoms with Gasteiger partial charge < -0.3 is 5.32 Å². The van der Waals surface area contributed by atoms with Crippen molar-refractivity contribution in [1.82, 2.24) is 0 Å². The smallest absolute Gasteiger partial charge is 0.293 e. The van der Waals surface area contributed by atoms with E-state index in [2.05, 4.69) is 10.3 Å². The van der Waals surface area contributed by atoms with E-state index in [0.29, 0.717) is 22.1 Å². The van der Waals surface area contributed by atoms with E-state index in [0.717, 1.165) is 0 Å². The number of thioether (sulfide) groups is 1. The number of nitrogens with one attached hydrogen (secondary N) is 1. The second kappa shape index (κ2) is 9.66. The number of amides is 2. The molecule has 1 aliphatic rings. The zero-order valence-electron chi connectivity index (χ0n) is 17.7. The van der Waals surface area contributed by atoms with Crippen molar-refractivity contribution in [2.24, 2.45) is 4.99 Å². The first-order chi connectivity index (χ1) is 15.9. The third-order valence-electron chi connectivity index (χ3n) is 4.92. The van der Waals surface area contributed by atoms with Crippen LogP contribution in [0.1, 0.15) is 12.0 Å². The van der Waals surface area contributed by atoms with Gasteiger partial charge in [-0.2, -0.15) is 0 Å². The third kappa shape index (κ3) is 5.09. The van der Waals surface area contributed by atoms with E-state index in [9.17, 15) is 19.7 Å². The Morgan fingerprint density at radius 2 is 1.76 bits per heavy atom. The average Bonchev–Trinajstić information content (AvgIpc) is 3.10. The molecule has 0 spiro atoms. The van der Waals surface area contributed by atoms with Crippen LogP contribution in [-0.2, 0) is 9.59 Å². The van der Waals surface area contributed by atoms with Crippen LogP contribution in [-0.4, -0.2) is 27.2 Å². The highest BCUT2D eigenvalue weighted by atomic mass is 32.2. The van der Waals surface area contributed by atoms with Crippen LogP contribution in [0.15, 0.2) is 83.9 Å². The highest BCUT2D eigenvalue weighted by Gasteiger charge is 2.40. The molecule has 3 aromatic rings. The number of aliphatic imine (C=N–C) groups is 1. The molecule has 0 aliphatic carbocycles. The molecule has 2 amide bonds. The van der Waals surface area contributed by atoms with Crippen molar-refractivity contribution in [3.63, 3.8) is 0 Å². The van der Waals surface area contributed by atoms with Gasteiger partial charge in [0.15, 0.2) is 5.17 Å². The lowest BCUT2D eigenvalue weighted by molar-refractivity contribution is -0.384. The van der Waals surface area contributed by atoms with Crippen LogP contribution >= 0.6 is 11.8 Å². The number of aryl methyl sites for hydroxylation is 1. The number of rotatable bonds is 6. The van der Waals surface area contributed by atoms with Gasteiger partial charge in [0, 0.05) is 12.5 Å². The number of hydrogen-bond acceptors (Lipinski definition) is 6. The molecule has 0 aromatic heterocycles. The Bertz CT molecular complexity index is 1230. The molecule has 0 unspecified atom stereocenters. The lowest BCUT2D eigenvalue weighted by atomic mass is 10.2. The molecule has 1 aliphatic heterocycles. The molecule has 9 heteroatoms. The van der Waals surface area contributed by atoms with E-state index in [-0.39, 0.29) is 23.7 Å². The van der Waals surface area contributed by atoms with Gasteiger partial charge in [-0.3, -0.25) is 24.6 Å². The summed E-state index contributed by atoms with van der Waals surface area (Å²) in [5.41, 5.74) is 1.97. The zero-order valence-corrected chi connectivity index (χ0v) is 18.5. The van der Waals surface area contributed by atoms with Crippen molar-refractivity contribution in [3.8, 4) is 0 Å². The zero-order chi connectivity index (χ0) is 23.4. The summed E-state index contributed by atoms with van der Waals surface area (Å²) in [6.45, 7) is 1.73. The maximum absolute atomic E-state index is 13.3. The summed E-state index contributed by atoms with van der Waals surface area (Å²) >= 11 is 1.20. The Hall–Kier alpha value is -3.98. The number of carbonyl (C=O) groups excluding carboxylic acids is 2. The molecule has 1 saturated heterocycles. The Kier molecular flexibility index (Phi) is 6.50. The predicted molar refractivity (Wildman–Crippen MR) is 130 cm³/mol. The van der Waals surface area contributed by atoms with Gasteiger partial charge in [-0.1, -0.05) is 54.2 Å². The Labute approximate surface area is 194 Å². The number of carbonyl (C=O) groups is 2. The standard InChI is InChI=1S/C24H20N4O4S/c1-16-12-13-19(20(14-16)28(31)32)26-22(29)15-21-23(30)27(18-10-6-3-7-11-18)24(33-21)25-17-8-4-2-5-9-17/h2-14,21H,15H2,1H3,(H,26,29)/t21-/m0/s1. The molecule has 0 bridgehead atoms. The van der Waals surface area contributed by atoms with Crippen LogP contribution in [0.2, 0.25) is 0 Å². The van der Waals surface area contributed by atoms with E-state index in [1.807, 2.05) is 48.5 Å². The van der Waals surface area contributed by atoms with Crippen LogP contribution in [0.3, 0.4) is 0 Å². The molecule has 3 aromatic carbocycles. The summed E-state index contributed by atoms with van der Waals surface area (Å²) in [4.78, 5) is 42.9. The first kappa shape index (κ1) is 22.2. The van der Waals surface area contributed by atoms with Crippen molar-refractivity contribution < 1.29 is 14.5 Å². The lowest BCUT2D eigenvalue weighted by Crippen LogP contribution is -2.33. The highest BCUT2D eigenvalue weighted by Crippen LogP contribution is 2.35. The van der Waals surface area contributed by atoms with Gasteiger partial charge in [-0.15, -0.1) is 0 Å². The Balaban J connectivity index is 1.57. The van der Waals surface area contributed by atoms with Crippen molar-refractivity contribution >= 4 is 51.5 Å². The quantitative estimate of drug-likeness (QED) is 0.409. The highest BCUT2D eigenvalue weighted by molar-refractivity contribution is 8.16. The minimum absolute atomic E-state index is 0.101. The monoisotopic (exact) mass is 460 g/mol. The number of nitro benzene ring substituents is 1. The lowest BCUT2D eigenvalue weighted by Gasteiger charge is -2.16. The van der Waals surface area contributed by atoms with Crippen LogP contribution in [0.4, 0.5) is 22.7 Å². The number of nitro groups is 1. The van der Waals surface area contributed by atoms with Crippen LogP contribution in [0, 0.1) is 17.0 Å². The minimum atomic E-state index is -0.711. The summed E-state index contributed by atoms with van der Waals surface area (Å²) in [6.07, 6.45) is -0.147. The number of anilines is 2. The van der Waals surface area contributed by atoms with E-state index in [4.69, 9.17) is 0 Å². The first-order valence-corrected chi connectivity index (χ1v) is 11.0. The van der Waals surface area contributed by atoms with Gasteiger partial charge >= 0.3 is 0 Å². The maximum atomic E-state index is 13.3. The topological polar surface area (TPSA) is 105 Å². The summed E-state index contributed by atoms with van der Waals surface area (Å²) in [7, 11) is 0. The molecule has 0 saturated carbocycles. The molecular weight excluding hydrogens is 440 g/mol. The van der Waals surface area contributed by atoms with Crippen molar-refractivity contribution in [3.05, 3.63) is 94.5 Å². The molecule has 1 heterocycles. The van der Waals surface area contributed by atoms with Crippen molar-refractivity contribution in [1.29, 1.82) is 0 Å². The summed E-state index contributed by atoms with van der Waals surface area (Å²) < 4.78 is 0. The summed E-state index contributed by atoms with van der Waals surface area (Å²) in [5.74, 6) is -0.754. The molecule has 166 valence electrons. The summed E-state index contributed by atoms with van der Waals surface area (Å²) in [5, 5.41) is 13.7. The van der Waals surface area contributed by atoms with Gasteiger partial charge in [-0.25, -0.2) is 4.99 Å². The average molecular weight is 461 g/mol. The Morgan fingerprint density at radius 3 is 2.42 bits per heavy atom. The predicted octanol–water partition coefficient (Wildman–Crippen LogP) is 5.07. The third-order valence-corrected chi connectivity index (χ3v) is 6.06. The molecule has 33 heavy (non-hydrogen) atoms. The number of hydrogen-bond donors (Lipinski definition) is 1. The first-order valence-electron chi connectivity index (χ1n) is 10.2. The van der Waals surface area contributed by atoms with Gasteiger partial charge in [0.25, 0.3) is 5.69 Å². The Morgan fingerprint density at radius 1 is 1.09 bits per heavy atom. The molecule has 1 fully saturated rings. The molecule has 1 N–H and O–H groups in total. The molecule has 8 nitrogen and oxygen atoms in total. The second-order valence-corrected chi connectivity index (χ2v) is 8.55. The SMILES string of the molecule is Cc1ccc(NC(=O)C[C@@H]2SC(=Nc3ccccc3)N(c3ccccc3)C2=O)c([N+](=O)[O-])c1. The number of nitrogens with zero attached hydrogens (tertiary/aromatic N) is 3. The molecular formula is C24H20N4O4S. The van der Waals surface area contributed by atoms with Crippen LogP contribution < -0.4 is 10.2 Å². The molecule has 0 radical (unpaired) electrons.